The van der Waals surface area contributed by atoms with Gasteiger partial charge in [0.2, 0.25) is 5.91 Å². The first-order chi connectivity index (χ1) is 20.4. The average molecular weight is 647 g/mol. The molecule has 0 aliphatic heterocycles. The number of unbranched alkanes of at least 4 members (excludes halogenated alkanes) is 10. The minimum absolute atomic E-state index is 0.151. The summed E-state index contributed by atoms with van der Waals surface area (Å²) in [4.78, 5) is 37.0. The van der Waals surface area contributed by atoms with Crippen molar-refractivity contribution in [1.29, 1.82) is 0 Å². The van der Waals surface area contributed by atoms with Gasteiger partial charge in [-0.05, 0) is 42.8 Å². The second-order valence-corrected chi connectivity index (χ2v) is 10.9. The monoisotopic (exact) mass is 645 g/mol. The Hall–Kier alpha value is -3.40. The fraction of sp³-hybridized carbons (Fsp3) is 0.500. The van der Waals surface area contributed by atoms with Crippen LogP contribution in [0.25, 0.3) is 0 Å². The first-order valence-corrected chi connectivity index (χ1v) is 15.5. The van der Waals surface area contributed by atoms with E-state index < -0.39 is 11.9 Å². The van der Waals surface area contributed by atoms with Gasteiger partial charge >= 0.3 is 5.97 Å². The number of methoxy groups -OCH3 is 2. The topological polar surface area (TPSA) is 115 Å². The van der Waals surface area contributed by atoms with Crippen molar-refractivity contribution in [3.8, 4) is 17.2 Å². The Balaban J connectivity index is 1.72. The number of rotatable bonds is 20. The van der Waals surface area contributed by atoms with E-state index >= 15 is 0 Å². The lowest BCUT2D eigenvalue weighted by Crippen LogP contribution is -2.34. The second-order valence-electron chi connectivity index (χ2n) is 10.00. The van der Waals surface area contributed by atoms with Crippen LogP contribution in [0.5, 0.6) is 17.2 Å². The summed E-state index contributed by atoms with van der Waals surface area (Å²) in [7, 11) is 2.99. The van der Waals surface area contributed by atoms with E-state index in [4.69, 9.17) is 14.2 Å². The molecule has 10 heteroatoms. The second kappa shape index (κ2) is 20.5. The lowest BCUT2D eigenvalue weighted by Gasteiger charge is -2.11. The third-order valence-corrected chi connectivity index (χ3v) is 7.13. The third kappa shape index (κ3) is 13.5. The van der Waals surface area contributed by atoms with Gasteiger partial charge in [-0.25, -0.2) is 10.2 Å². The number of halogens is 1. The van der Waals surface area contributed by atoms with Gasteiger partial charge in [0, 0.05) is 16.5 Å². The lowest BCUT2D eigenvalue weighted by atomic mass is 10.1. The lowest BCUT2D eigenvalue weighted by molar-refractivity contribution is -0.126. The van der Waals surface area contributed by atoms with Crippen molar-refractivity contribution >= 4 is 39.9 Å². The van der Waals surface area contributed by atoms with Crippen LogP contribution in [0, 0.1) is 0 Å². The zero-order valence-electron chi connectivity index (χ0n) is 25.0. The maximum Gasteiger partial charge on any atom is 0.343 e. The number of hydrazone groups is 1. The molecule has 0 saturated heterocycles. The normalized spacial score (nSPS) is 10.9. The van der Waals surface area contributed by atoms with Crippen LogP contribution >= 0.6 is 15.9 Å². The molecular formula is C32H44BrN3O6. The first kappa shape index (κ1) is 34.8. The highest BCUT2D eigenvalue weighted by Gasteiger charge is 2.15. The van der Waals surface area contributed by atoms with Crippen molar-refractivity contribution in [2.75, 3.05) is 20.8 Å². The molecule has 9 nitrogen and oxygen atoms in total. The van der Waals surface area contributed by atoms with E-state index in [0.717, 1.165) is 23.7 Å². The fourth-order valence-electron chi connectivity index (χ4n) is 4.27. The van der Waals surface area contributed by atoms with Crippen molar-refractivity contribution in [2.24, 2.45) is 5.10 Å². The summed E-state index contributed by atoms with van der Waals surface area (Å²) in [5, 5.41) is 6.59. The highest BCUT2D eigenvalue weighted by molar-refractivity contribution is 9.10. The zero-order valence-corrected chi connectivity index (χ0v) is 26.6. The summed E-state index contributed by atoms with van der Waals surface area (Å²) in [6.45, 7) is 2.06. The quantitative estimate of drug-likeness (QED) is 0.0529. The Morgan fingerprint density at radius 2 is 1.40 bits per heavy atom. The molecule has 0 unspecified atom stereocenters. The van der Waals surface area contributed by atoms with E-state index in [1.165, 1.54) is 77.9 Å². The summed E-state index contributed by atoms with van der Waals surface area (Å²) < 4.78 is 16.8. The van der Waals surface area contributed by atoms with E-state index in [-0.39, 0.29) is 23.8 Å². The number of hydrogen-bond donors (Lipinski definition) is 2. The van der Waals surface area contributed by atoms with Crippen LogP contribution in [0.3, 0.4) is 0 Å². The summed E-state index contributed by atoms with van der Waals surface area (Å²) in [6, 6.07) is 9.74. The van der Waals surface area contributed by atoms with Crippen LogP contribution in [0.1, 0.15) is 99.9 Å². The van der Waals surface area contributed by atoms with Crippen LogP contribution < -0.4 is 25.0 Å². The van der Waals surface area contributed by atoms with Crippen LogP contribution in [0.2, 0.25) is 0 Å². The molecule has 0 bridgehead atoms. The molecule has 42 heavy (non-hydrogen) atoms. The van der Waals surface area contributed by atoms with Crippen molar-refractivity contribution in [3.63, 3.8) is 0 Å². The maximum atomic E-state index is 12.8. The number of nitrogens with one attached hydrogen (secondary N) is 2. The number of ether oxygens (including phenoxy) is 3. The van der Waals surface area contributed by atoms with Gasteiger partial charge in [0.1, 0.15) is 5.75 Å². The van der Waals surface area contributed by atoms with Gasteiger partial charge in [-0.15, -0.1) is 0 Å². The standard InChI is InChI=1S/C32H44BrN3O6/c1-4-5-6-7-8-9-10-11-12-13-14-15-30(37)34-23-31(38)36-35-22-25-20-26(33)17-19-27(25)42-32(39)24-16-18-28(40-2)29(21-24)41-3/h16-22H,4-15,23H2,1-3H3,(H,34,37)(H,36,38). The number of esters is 1. The molecule has 0 aromatic heterocycles. The number of carbonyl (C=O) groups is 3. The molecule has 2 aromatic rings. The van der Waals surface area contributed by atoms with E-state index in [2.05, 4.69) is 38.7 Å². The molecule has 2 rings (SSSR count). The van der Waals surface area contributed by atoms with Crippen molar-refractivity contribution in [2.45, 2.75) is 84.0 Å². The van der Waals surface area contributed by atoms with E-state index in [1.807, 2.05) is 0 Å². The maximum absolute atomic E-state index is 12.8. The SMILES string of the molecule is CCCCCCCCCCCCCC(=O)NCC(=O)NN=Cc1cc(Br)ccc1OC(=O)c1ccc(OC)c(OC)c1. The number of benzene rings is 2. The fourth-order valence-corrected chi connectivity index (χ4v) is 4.64. The molecule has 0 aliphatic rings. The summed E-state index contributed by atoms with van der Waals surface area (Å²) >= 11 is 3.39. The number of amides is 2. The summed E-state index contributed by atoms with van der Waals surface area (Å²) in [5.41, 5.74) is 3.12. The molecule has 2 aromatic carbocycles. The number of nitrogens with zero attached hydrogens (tertiary/aromatic N) is 1. The van der Waals surface area contributed by atoms with Crippen LogP contribution in [-0.4, -0.2) is 44.8 Å². The van der Waals surface area contributed by atoms with Crippen molar-refractivity contribution in [1.82, 2.24) is 10.7 Å². The zero-order chi connectivity index (χ0) is 30.6. The number of hydrogen-bond acceptors (Lipinski definition) is 7. The molecule has 0 saturated carbocycles. The highest BCUT2D eigenvalue weighted by atomic mass is 79.9. The van der Waals surface area contributed by atoms with E-state index in [1.54, 1.807) is 30.3 Å². The van der Waals surface area contributed by atoms with Gasteiger partial charge in [-0.3, -0.25) is 9.59 Å². The minimum Gasteiger partial charge on any atom is -0.493 e. The van der Waals surface area contributed by atoms with Gasteiger partial charge in [0.05, 0.1) is 32.5 Å². The minimum atomic E-state index is -0.600. The van der Waals surface area contributed by atoms with E-state index in [9.17, 15) is 14.4 Å². The van der Waals surface area contributed by atoms with E-state index in [0.29, 0.717) is 23.5 Å². The Bertz CT molecular complexity index is 1170. The van der Waals surface area contributed by atoms with Crippen molar-refractivity contribution in [3.05, 3.63) is 52.0 Å². The molecule has 0 fully saturated rings. The van der Waals surface area contributed by atoms with Crippen molar-refractivity contribution < 1.29 is 28.6 Å². The largest absolute Gasteiger partial charge is 0.493 e. The Kier molecular flexibility index (Phi) is 17.0. The van der Waals surface area contributed by atoms with Crippen LogP contribution in [-0.2, 0) is 9.59 Å². The molecule has 0 spiro atoms. The van der Waals surface area contributed by atoms with Gasteiger partial charge < -0.3 is 19.5 Å². The Labute approximate surface area is 257 Å². The smallest absolute Gasteiger partial charge is 0.343 e. The molecule has 0 heterocycles. The molecular weight excluding hydrogens is 602 g/mol. The summed E-state index contributed by atoms with van der Waals surface area (Å²) in [5.74, 6) is -0.0720. The van der Waals surface area contributed by atoms with Crippen LogP contribution in [0.15, 0.2) is 46.0 Å². The predicted octanol–water partition coefficient (Wildman–Crippen LogP) is 6.95. The Morgan fingerprint density at radius 3 is 2.05 bits per heavy atom. The average Bonchev–Trinajstić information content (AvgIpc) is 2.99. The molecule has 2 amide bonds. The molecule has 0 atom stereocenters. The highest BCUT2D eigenvalue weighted by Crippen LogP contribution is 2.29. The van der Waals surface area contributed by atoms with Crippen LogP contribution in [0.4, 0.5) is 0 Å². The summed E-state index contributed by atoms with van der Waals surface area (Å²) in [6.07, 6.45) is 15.2. The third-order valence-electron chi connectivity index (χ3n) is 6.64. The van der Waals surface area contributed by atoms with Gasteiger partial charge in [0.15, 0.2) is 11.5 Å². The van der Waals surface area contributed by atoms with Gasteiger partial charge in [-0.2, -0.15) is 5.10 Å². The number of carbonyl (C=O) groups excluding carboxylic acids is 3. The molecule has 230 valence electrons. The molecule has 0 radical (unpaired) electrons. The molecule has 0 aliphatic carbocycles. The van der Waals surface area contributed by atoms with Gasteiger partial charge in [-0.1, -0.05) is 87.1 Å². The van der Waals surface area contributed by atoms with Gasteiger partial charge in [0.25, 0.3) is 5.91 Å². The predicted molar refractivity (Wildman–Crippen MR) is 168 cm³/mol. The Morgan fingerprint density at radius 1 is 0.786 bits per heavy atom. The first-order valence-electron chi connectivity index (χ1n) is 14.7. The molecule has 2 N–H and O–H groups in total.